The van der Waals surface area contributed by atoms with Crippen LogP contribution in [0.4, 0.5) is 0 Å². The van der Waals surface area contributed by atoms with Gasteiger partial charge in [0.1, 0.15) is 0 Å². The van der Waals surface area contributed by atoms with Crippen molar-refractivity contribution in [3.63, 3.8) is 0 Å². The number of unbranched alkanes of at least 4 members (excludes halogenated alkanes) is 15. The minimum Gasteiger partial charge on any atom is -0.478 e. The number of carboxylic acids is 2. The van der Waals surface area contributed by atoms with Gasteiger partial charge in [-0.2, -0.15) is 0 Å². The second kappa shape index (κ2) is 18.6. The van der Waals surface area contributed by atoms with Crippen LogP contribution in [0.15, 0.2) is 12.1 Å². The van der Waals surface area contributed by atoms with Crippen molar-refractivity contribution in [3.8, 4) is 0 Å². The summed E-state index contributed by atoms with van der Waals surface area (Å²) in [5.74, 6) is -2.29. The molecule has 4 heteroatoms. The van der Waals surface area contributed by atoms with Crippen LogP contribution in [0.2, 0.25) is 0 Å². The van der Waals surface area contributed by atoms with Gasteiger partial charge in [-0.25, -0.2) is 9.59 Å². The Morgan fingerprint density at radius 2 is 1.03 bits per heavy atom. The van der Waals surface area contributed by atoms with E-state index < -0.39 is 11.9 Å². The zero-order valence-corrected chi connectivity index (χ0v) is 21.3. The molecule has 4 nitrogen and oxygen atoms in total. The number of carboxylic acid groups (broad SMARTS) is 2. The topological polar surface area (TPSA) is 74.6 Å². The Labute approximate surface area is 202 Å². The average molecular weight is 461 g/mol. The minimum absolute atomic E-state index is 0.00518. The maximum absolute atomic E-state index is 11.8. The van der Waals surface area contributed by atoms with Crippen LogP contribution in [0.25, 0.3) is 0 Å². The Balaban J connectivity index is 2.28. The smallest absolute Gasteiger partial charge is 0.336 e. The van der Waals surface area contributed by atoms with Crippen LogP contribution in [0.5, 0.6) is 0 Å². The predicted molar refractivity (Wildman–Crippen MR) is 138 cm³/mol. The fraction of sp³-hybridized carbons (Fsp3) is 0.724. The molecule has 0 fully saturated rings. The third-order valence-corrected chi connectivity index (χ3v) is 6.68. The van der Waals surface area contributed by atoms with Crippen LogP contribution in [-0.2, 0) is 12.8 Å². The quantitative estimate of drug-likeness (QED) is 0.180. The van der Waals surface area contributed by atoms with Gasteiger partial charge in [-0.05, 0) is 42.9 Å². The van der Waals surface area contributed by atoms with Gasteiger partial charge in [-0.3, -0.25) is 0 Å². The number of aryl methyl sites for hydroxylation is 1. The molecule has 0 atom stereocenters. The zero-order valence-electron chi connectivity index (χ0n) is 21.3. The van der Waals surface area contributed by atoms with E-state index in [1.807, 2.05) is 6.07 Å². The number of benzene rings is 1. The normalized spacial score (nSPS) is 11.1. The molecule has 0 aromatic heterocycles. The summed E-state index contributed by atoms with van der Waals surface area (Å²) in [6.45, 7) is 4.33. The summed E-state index contributed by atoms with van der Waals surface area (Å²) in [5.41, 5.74) is 1.65. The summed E-state index contributed by atoms with van der Waals surface area (Å²) < 4.78 is 0. The van der Waals surface area contributed by atoms with Crippen LogP contribution in [0.1, 0.15) is 155 Å². The molecule has 0 aliphatic rings. The molecule has 1 aromatic rings. The first-order chi connectivity index (χ1) is 16.0. The first-order valence-corrected chi connectivity index (χ1v) is 13.6. The molecular weight excluding hydrogens is 412 g/mol. The monoisotopic (exact) mass is 460 g/mol. The van der Waals surface area contributed by atoms with Crippen LogP contribution >= 0.6 is 0 Å². The fourth-order valence-electron chi connectivity index (χ4n) is 4.67. The van der Waals surface area contributed by atoms with Crippen molar-refractivity contribution >= 4 is 11.9 Å². The van der Waals surface area contributed by atoms with Gasteiger partial charge in [-0.15, -0.1) is 0 Å². The summed E-state index contributed by atoms with van der Waals surface area (Å²) in [6.07, 6.45) is 23.1. The van der Waals surface area contributed by atoms with Gasteiger partial charge < -0.3 is 10.2 Å². The maximum atomic E-state index is 11.8. The summed E-state index contributed by atoms with van der Waals surface area (Å²) in [5, 5.41) is 19.1. The number of hydrogen-bond donors (Lipinski definition) is 2. The number of carbonyl (C=O) groups is 2. The van der Waals surface area contributed by atoms with Crippen molar-refractivity contribution in [2.24, 2.45) is 0 Å². The minimum atomic E-state index is -1.16. The van der Waals surface area contributed by atoms with Crippen molar-refractivity contribution in [2.75, 3.05) is 0 Å². The second-order valence-corrected chi connectivity index (χ2v) is 9.54. The van der Waals surface area contributed by atoms with Gasteiger partial charge in [0, 0.05) is 0 Å². The van der Waals surface area contributed by atoms with Crippen molar-refractivity contribution in [2.45, 2.75) is 136 Å². The summed E-state index contributed by atoms with van der Waals surface area (Å²) >= 11 is 0. The molecule has 0 saturated heterocycles. The van der Waals surface area contributed by atoms with Crippen molar-refractivity contribution in [1.82, 2.24) is 0 Å². The highest BCUT2D eigenvalue weighted by Gasteiger charge is 2.22. The average Bonchev–Trinajstić information content (AvgIpc) is 2.79. The molecular formula is C29H48O4. The number of rotatable bonds is 21. The molecule has 0 spiro atoms. The van der Waals surface area contributed by atoms with Gasteiger partial charge in [0.25, 0.3) is 0 Å². The lowest BCUT2D eigenvalue weighted by Crippen LogP contribution is -2.14. The summed E-state index contributed by atoms with van der Waals surface area (Å²) in [4.78, 5) is 23.3. The van der Waals surface area contributed by atoms with E-state index in [1.54, 1.807) is 0 Å². The van der Waals surface area contributed by atoms with E-state index in [-0.39, 0.29) is 11.1 Å². The standard InChI is InChI=1S/C29H48O4/c1-3-5-7-8-9-10-11-12-13-14-15-16-17-18-19-20-24-22-23-26(28(30)31)27(29(32)33)25(24)21-6-4-2/h22-23H,3-21H2,1-2H3,(H,30,31)(H,32,33). The lowest BCUT2D eigenvalue weighted by atomic mass is 9.89. The van der Waals surface area contributed by atoms with E-state index in [4.69, 9.17) is 0 Å². The molecule has 188 valence electrons. The van der Waals surface area contributed by atoms with E-state index >= 15 is 0 Å². The van der Waals surface area contributed by atoms with Crippen LogP contribution in [0, 0.1) is 0 Å². The number of aromatic carboxylic acids is 2. The third-order valence-electron chi connectivity index (χ3n) is 6.68. The van der Waals surface area contributed by atoms with E-state index in [0.29, 0.717) is 6.42 Å². The molecule has 0 unspecified atom stereocenters. The molecule has 2 N–H and O–H groups in total. The molecule has 0 heterocycles. The molecule has 1 aromatic carbocycles. The SMILES string of the molecule is CCCCCCCCCCCCCCCCCc1ccc(C(=O)O)c(C(=O)O)c1CCCC. The first kappa shape index (κ1) is 29.2. The van der Waals surface area contributed by atoms with Gasteiger partial charge >= 0.3 is 11.9 Å². The fourth-order valence-corrected chi connectivity index (χ4v) is 4.67. The molecule has 1 rings (SSSR count). The van der Waals surface area contributed by atoms with E-state index in [0.717, 1.165) is 43.2 Å². The van der Waals surface area contributed by atoms with E-state index in [2.05, 4.69) is 13.8 Å². The summed E-state index contributed by atoms with van der Waals surface area (Å²) in [7, 11) is 0. The molecule has 33 heavy (non-hydrogen) atoms. The van der Waals surface area contributed by atoms with E-state index in [9.17, 15) is 19.8 Å². The molecule has 0 saturated carbocycles. The summed E-state index contributed by atoms with van der Waals surface area (Å²) in [6, 6.07) is 3.31. The molecule has 0 amide bonds. The Kier molecular flexibility index (Phi) is 16.4. The Bertz CT molecular complexity index is 680. The Morgan fingerprint density at radius 1 is 0.576 bits per heavy atom. The highest BCUT2D eigenvalue weighted by molar-refractivity contribution is 6.03. The van der Waals surface area contributed by atoms with Crippen LogP contribution in [-0.4, -0.2) is 22.2 Å². The van der Waals surface area contributed by atoms with Crippen molar-refractivity contribution in [3.05, 3.63) is 34.4 Å². The zero-order chi connectivity index (χ0) is 24.3. The molecule has 0 aliphatic carbocycles. The maximum Gasteiger partial charge on any atom is 0.336 e. The second-order valence-electron chi connectivity index (χ2n) is 9.54. The highest BCUT2D eigenvalue weighted by Crippen LogP contribution is 2.24. The van der Waals surface area contributed by atoms with Crippen LogP contribution < -0.4 is 0 Å². The van der Waals surface area contributed by atoms with Crippen molar-refractivity contribution in [1.29, 1.82) is 0 Å². The van der Waals surface area contributed by atoms with Gasteiger partial charge in [0.15, 0.2) is 0 Å². The van der Waals surface area contributed by atoms with Gasteiger partial charge in [0.05, 0.1) is 11.1 Å². The molecule has 0 radical (unpaired) electrons. The van der Waals surface area contributed by atoms with Gasteiger partial charge in [0.2, 0.25) is 0 Å². The van der Waals surface area contributed by atoms with Gasteiger partial charge in [-0.1, -0.05) is 116 Å². The van der Waals surface area contributed by atoms with Crippen LogP contribution in [0.3, 0.4) is 0 Å². The van der Waals surface area contributed by atoms with E-state index in [1.165, 1.54) is 89.5 Å². The molecule has 0 aliphatic heterocycles. The largest absolute Gasteiger partial charge is 0.478 e. The Hall–Kier alpha value is -1.84. The third kappa shape index (κ3) is 12.3. The van der Waals surface area contributed by atoms with Crippen molar-refractivity contribution < 1.29 is 19.8 Å². The highest BCUT2D eigenvalue weighted by atomic mass is 16.4. The number of hydrogen-bond acceptors (Lipinski definition) is 2. The lowest BCUT2D eigenvalue weighted by molar-refractivity contribution is 0.0650. The Morgan fingerprint density at radius 3 is 1.45 bits per heavy atom. The predicted octanol–water partition coefficient (Wildman–Crippen LogP) is 8.84. The lowest BCUT2D eigenvalue weighted by Gasteiger charge is -2.15. The first-order valence-electron chi connectivity index (χ1n) is 13.6. The molecule has 0 bridgehead atoms.